The first-order chi connectivity index (χ1) is 14.2. The van der Waals surface area contributed by atoms with Gasteiger partial charge in [0.15, 0.2) is 0 Å². The second-order valence-electron chi connectivity index (χ2n) is 6.57. The summed E-state index contributed by atoms with van der Waals surface area (Å²) in [5.74, 6) is -0.448. The quantitative estimate of drug-likeness (QED) is 0.512. The van der Waals surface area contributed by atoms with Gasteiger partial charge in [-0.15, -0.1) is 0 Å². The van der Waals surface area contributed by atoms with Crippen molar-refractivity contribution in [2.24, 2.45) is 0 Å². The van der Waals surface area contributed by atoms with E-state index >= 15 is 0 Å². The lowest BCUT2D eigenvalue weighted by Crippen LogP contribution is -2.24. The number of fused-ring (bicyclic) bond motifs is 1. The monoisotopic (exact) mass is 387 g/mol. The van der Waals surface area contributed by atoms with Crippen LogP contribution < -0.4 is 5.32 Å². The van der Waals surface area contributed by atoms with Crippen molar-refractivity contribution in [3.05, 3.63) is 84.3 Å². The largest absolute Gasteiger partial charge is 0.352 e. The van der Waals surface area contributed by atoms with E-state index < -0.39 is 0 Å². The van der Waals surface area contributed by atoms with E-state index in [0.717, 1.165) is 24.0 Å². The SMILES string of the molecule is O=C(NCCCc1cncnc1)c1ccc2nc(-c3ccc(F)cc3)cnc2c1. The summed E-state index contributed by atoms with van der Waals surface area (Å²) in [6, 6.07) is 11.3. The number of benzene rings is 2. The molecule has 0 radical (unpaired) electrons. The number of hydrogen-bond acceptors (Lipinski definition) is 5. The topological polar surface area (TPSA) is 80.7 Å². The molecule has 0 saturated carbocycles. The van der Waals surface area contributed by atoms with Crippen LogP contribution in [0.3, 0.4) is 0 Å². The van der Waals surface area contributed by atoms with E-state index in [1.165, 1.54) is 18.5 Å². The van der Waals surface area contributed by atoms with Crippen LogP contribution in [0.5, 0.6) is 0 Å². The first-order valence-corrected chi connectivity index (χ1v) is 9.24. The van der Waals surface area contributed by atoms with Gasteiger partial charge < -0.3 is 5.32 Å². The fourth-order valence-electron chi connectivity index (χ4n) is 2.97. The first kappa shape index (κ1) is 18.6. The van der Waals surface area contributed by atoms with Gasteiger partial charge in [0.25, 0.3) is 5.91 Å². The van der Waals surface area contributed by atoms with Crippen LogP contribution in [-0.2, 0) is 6.42 Å². The standard InChI is InChI=1S/C22H18FN5O/c23-18-6-3-16(4-7-18)21-13-27-20-10-17(5-8-19(20)28-21)22(29)26-9-1-2-15-11-24-14-25-12-15/h3-8,10-14H,1-2,9H2,(H,26,29). The van der Waals surface area contributed by atoms with Gasteiger partial charge in [-0.3, -0.25) is 9.78 Å². The molecular weight excluding hydrogens is 369 g/mol. The van der Waals surface area contributed by atoms with Crippen molar-refractivity contribution in [1.82, 2.24) is 25.3 Å². The Kier molecular flexibility index (Phi) is 5.47. The number of aromatic nitrogens is 4. The third-order valence-electron chi connectivity index (χ3n) is 4.49. The minimum absolute atomic E-state index is 0.152. The predicted molar refractivity (Wildman–Crippen MR) is 108 cm³/mol. The summed E-state index contributed by atoms with van der Waals surface area (Å²) in [7, 11) is 0. The zero-order valence-electron chi connectivity index (χ0n) is 15.5. The molecule has 0 spiro atoms. The van der Waals surface area contributed by atoms with Crippen molar-refractivity contribution in [3.8, 4) is 11.3 Å². The molecular formula is C22H18FN5O. The number of nitrogens with zero attached hydrogens (tertiary/aromatic N) is 4. The van der Waals surface area contributed by atoms with E-state index in [1.807, 2.05) is 0 Å². The van der Waals surface area contributed by atoms with Crippen LogP contribution in [0, 0.1) is 5.82 Å². The third kappa shape index (κ3) is 4.57. The molecule has 6 nitrogen and oxygen atoms in total. The highest BCUT2D eigenvalue weighted by atomic mass is 19.1. The number of amides is 1. The molecule has 29 heavy (non-hydrogen) atoms. The van der Waals surface area contributed by atoms with Crippen molar-refractivity contribution in [3.63, 3.8) is 0 Å². The normalized spacial score (nSPS) is 10.8. The lowest BCUT2D eigenvalue weighted by Gasteiger charge is -2.07. The van der Waals surface area contributed by atoms with Gasteiger partial charge in [-0.1, -0.05) is 0 Å². The number of nitrogens with one attached hydrogen (secondary N) is 1. The number of rotatable bonds is 6. The van der Waals surface area contributed by atoms with Crippen molar-refractivity contribution in [2.45, 2.75) is 12.8 Å². The lowest BCUT2D eigenvalue weighted by molar-refractivity contribution is 0.0953. The van der Waals surface area contributed by atoms with Gasteiger partial charge in [-0.25, -0.2) is 19.3 Å². The Hall–Kier alpha value is -3.74. The molecule has 4 rings (SSSR count). The fraction of sp³-hybridized carbons (Fsp3) is 0.136. The van der Waals surface area contributed by atoms with Gasteiger partial charge in [-0.05, 0) is 60.9 Å². The molecule has 0 aliphatic heterocycles. The van der Waals surface area contributed by atoms with Crippen LogP contribution in [-0.4, -0.2) is 32.4 Å². The molecule has 0 aliphatic carbocycles. The Morgan fingerprint density at radius 1 is 0.966 bits per heavy atom. The maximum Gasteiger partial charge on any atom is 0.251 e. The van der Waals surface area contributed by atoms with Crippen LogP contribution in [0.4, 0.5) is 4.39 Å². The van der Waals surface area contributed by atoms with Crippen molar-refractivity contribution >= 4 is 16.9 Å². The zero-order valence-corrected chi connectivity index (χ0v) is 15.5. The number of aryl methyl sites for hydroxylation is 1. The zero-order chi connectivity index (χ0) is 20.1. The summed E-state index contributed by atoms with van der Waals surface area (Å²) in [5.41, 5.74) is 4.31. The van der Waals surface area contributed by atoms with Crippen LogP contribution in [0.2, 0.25) is 0 Å². The molecule has 2 heterocycles. The Morgan fingerprint density at radius 2 is 1.76 bits per heavy atom. The Balaban J connectivity index is 1.41. The van der Waals surface area contributed by atoms with Gasteiger partial charge in [0.05, 0.1) is 22.9 Å². The van der Waals surface area contributed by atoms with Crippen LogP contribution in [0.1, 0.15) is 22.3 Å². The van der Waals surface area contributed by atoms with E-state index in [9.17, 15) is 9.18 Å². The van der Waals surface area contributed by atoms with Gasteiger partial charge in [0, 0.05) is 30.1 Å². The Labute approximate surface area is 166 Å². The minimum Gasteiger partial charge on any atom is -0.352 e. The summed E-state index contributed by atoms with van der Waals surface area (Å²) in [6.07, 6.45) is 8.27. The second-order valence-corrected chi connectivity index (χ2v) is 6.57. The predicted octanol–water partition coefficient (Wildman–Crippen LogP) is 3.59. The fourth-order valence-corrected chi connectivity index (χ4v) is 2.97. The van der Waals surface area contributed by atoms with E-state index in [1.54, 1.807) is 48.9 Å². The molecule has 0 bridgehead atoms. The summed E-state index contributed by atoms with van der Waals surface area (Å²) in [5, 5.41) is 2.91. The first-order valence-electron chi connectivity index (χ1n) is 9.24. The lowest BCUT2D eigenvalue weighted by atomic mass is 10.1. The average Bonchev–Trinajstić information content (AvgIpc) is 2.77. The molecule has 0 aliphatic rings. The summed E-state index contributed by atoms with van der Waals surface area (Å²) in [4.78, 5) is 29.3. The molecule has 0 fully saturated rings. The molecule has 2 aromatic heterocycles. The van der Waals surface area contributed by atoms with Gasteiger partial charge >= 0.3 is 0 Å². The highest BCUT2D eigenvalue weighted by molar-refractivity contribution is 5.97. The summed E-state index contributed by atoms with van der Waals surface area (Å²) >= 11 is 0. The summed E-state index contributed by atoms with van der Waals surface area (Å²) < 4.78 is 13.1. The van der Waals surface area contributed by atoms with E-state index in [4.69, 9.17) is 0 Å². The van der Waals surface area contributed by atoms with E-state index in [-0.39, 0.29) is 11.7 Å². The van der Waals surface area contributed by atoms with Gasteiger partial charge in [-0.2, -0.15) is 0 Å². The highest BCUT2D eigenvalue weighted by Crippen LogP contribution is 2.20. The Bertz CT molecular complexity index is 1130. The van der Waals surface area contributed by atoms with Crippen molar-refractivity contribution in [2.75, 3.05) is 6.54 Å². The molecule has 0 saturated heterocycles. The van der Waals surface area contributed by atoms with Crippen LogP contribution >= 0.6 is 0 Å². The number of hydrogen-bond donors (Lipinski definition) is 1. The average molecular weight is 387 g/mol. The molecule has 1 N–H and O–H groups in total. The molecule has 0 unspecified atom stereocenters. The molecule has 2 aromatic carbocycles. The van der Waals surface area contributed by atoms with Crippen LogP contribution in [0.15, 0.2) is 67.4 Å². The second kappa shape index (κ2) is 8.52. The van der Waals surface area contributed by atoms with Gasteiger partial charge in [0.1, 0.15) is 12.1 Å². The van der Waals surface area contributed by atoms with Gasteiger partial charge in [0.2, 0.25) is 0 Å². The smallest absolute Gasteiger partial charge is 0.251 e. The molecule has 1 amide bonds. The molecule has 144 valence electrons. The van der Waals surface area contributed by atoms with Crippen molar-refractivity contribution in [1.29, 1.82) is 0 Å². The maximum absolute atomic E-state index is 13.1. The number of carbonyl (C=O) groups excluding carboxylic acids is 1. The van der Waals surface area contributed by atoms with E-state index in [2.05, 4.69) is 25.3 Å². The Morgan fingerprint density at radius 3 is 2.55 bits per heavy atom. The van der Waals surface area contributed by atoms with Crippen molar-refractivity contribution < 1.29 is 9.18 Å². The molecule has 7 heteroatoms. The maximum atomic E-state index is 13.1. The summed E-state index contributed by atoms with van der Waals surface area (Å²) in [6.45, 7) is 0.556. The third-order valence-corrected chi connectivity index (χ3v) is 4.49. The molecule has 0 atom stereocenters. The van der Waals surface area contributed by atoms with E-state index in [0.29, 0.717) is 28.8 Å². The molecule has 4 aromatic rings. The van der Waals surface area contributed by atoms with Crippen LogP contribution in [0.25, 0.3) is 22.3 Å². The number of carbonyl (C=O) groups is 1. The highest BCUT2D eigenvalue weighted by Gasteiger charge is 2.09. The minimum atomic E-state index is -0.296. The number of halogens is 1.